The number of hydrogen-bond acceptors (Lipinski definition) is 4. The molecule has 2 rings (SSSR count). The van der Waals surface area contributed by atoms with Crippen molar-refractivity contribution in [2.45, 2.75) is 38.7 Å². The molecule has 0 spiro atoms. The lowest BCUT2D eigenvalue weighted by molar-refractivity contribution is -0.150. The number of carbonyl (C=O) groups is 2. The minimum atomic E-state index is -1.02. The smallest absolute Gasteiger partial charge is 0.317 e. The number of hydrogen-bond donors (Lipinski definition) is 1. The molecule has 0 aromatic heterocycles. The van der Waals surface area contributed by atoms with E-state index in [0.29, 0.717) is 5.69 Å². The van der Waals surface area contributed by atoms with Crippen LogP contribution in [0.25, 0.3) is 0 Å². The van der Waals surface area contributed by atoms with Crippen LogP contribution in [0.2, 0.25) is 0 Å². The van der Waals surface area contributed by atoms with E-state index in [4.69, 9.17) is 4.74 Å². The van der Waals surface area contributed by atoms with Crippen LogP contribution in [0.4, 0.5) is 14.5 Å². The molecule has 0 bridgehead atoms. The van der Waals surface area contributed by atoms with Crippen LogP contribution in [-0.4, -0.2) is 23.7 Å². The highest BCUT2D eigenvalue weighted by Crippen LogP contribution is 2.24. The minimum absolute atomic E-state index is 0.00922. The van der Waals surface area contributed by atoms with Crippen molar-refractivity contribution >= 4 is 29.3 Å². The first-order chi connectivity index (χ1) is 12.7. The summed E-state index contributed by atoms with van der Waals surface area (Å²) in [7, 11) is 0. The van der Waals surface area contributed by atoms with Gasteiger partial charge in [0, 0.05) is 10.6 Å². The van der Waals surface area contributed by atoms with Gasteiger partial charge in [-0.3, -0.25) is 9.59 Å². The molecule has 0 aliphatic heterocycles. The van der Waals surface area contributed by atoms with E-state index >= 15 is 0 Å². The van der Waals surface area contributed by atoms with E-state index in [9.17, 15) is 18.4 Å². The number of ether oxygens (including phenoxy) is 1. The third-order valence-electron chi connectivity index (χ3n) is 3.84. The second-order valence-electron chi connectivity index (χ2n) is 6.26. The lowest BCUT2D eigenvalue weighted by Gasteiger charge is -2.17. The van der Waals surface area contributed by atoms with Crippen molar-refractivity contribution in [2.75, 3.05) is 11.1 Å². The van der Waals surface area contributed by atoms with Crippen molar-refractivity contribution in [3.8, 4) is 0 Å². The fourth-order valence-corrected chi connectivity index (χ4v) is 3.35. The van der Waals surface area contributed by atoms with Crippen molar-refractivity contribution in [2.24, 2.45) is 0 Å². The zero-order valence-electron chi connectivity index (χ0n) is 15.6. The van der Waals surface area contributed by atoms with E-state index in [0.717, 1.165) is 46.7 Å². The Bertz CT molecular complexity index is 847. The Kier molecular flexibility index (Phi) is 6.96. The van der Waals surface area contributed by atoms with Gasteiger partial charge in [-0.25, -0.2) is 8.78 Å². The molecule has 2 aromatic rings. The van der Waals surface area contributed by atoms with Gasteiger partial charge in [0.05, 0.1) is 5.75 Å². The fraction of sp³-hybridized carbons (Fsp3) is 0.300. The maximum absolute atomic E-state index is 13.6. The molecular weight excluding hydrogens is 372 g/mol. The van der Waals surface area contributed by atoms with E-state index < -0.39 is 29.6 Å². The van der Waals surface area contributed by atoms with Gasteiger partial charge in [0.25, 0.3) is 5.91 Å². The SMILES string of the molecule is Cc1cc(C)c(NC(=O)[C@H](C)OC(=O)CSc2cc(F)ccc2F)c(C)c1. The number of anilines is 1. The number of rotatable bonds is 6. The molecule has 7 heteroatoms. The number of esters is 1. The van der Waals surface area contributed by atoms with E-state index in [1.807, 2.05) is 32.9 Å². The lowest BCUT2D eigenvalue weighted by atomic mass is 10.0. The molecule has 27 heavy (non-hydrogen) atoms. The van der Waals surface area contributed by atoms with Gasteiger partial charge in [-0.05, 0) is 57.0 Å². The van der Waals surface area contributed by atoms with Crippen molar-refractivity contribution in [3.05, 3.63) is 58.7 Å². The Balaban J connectivity index is 1.92. The molecule has 1 atom stereocenters. The van der Waals surface area contributed by atoms with Gasteiger partial charge in [-0.2, -0.15) is 0 Å². The second-order valence-corrected chi connectivity index (χ2v) is 7.28. The first kappa shape index (κ1) is 20.9. The monoisotopic (exact) mass is 393 g/mol. The number of halogens is 2. The van der Waals surface area contributed by atoms with Crippen LogP contribution in [0, 0.1) is 32.4 Å². The van der Waals surface area contributed by atoms with E-state index in [1.165, 1.54) is 6.92 Å². The molecule has 1 N–H and O–H groups in total. The summed E-state index contributed by atoms with van der Waals surface area (Å²) in [6.07, 6.45) is -1.02. The standard InChI is InChI=1S/C20H21F2NO3S/c1-11-7-12(2)19(13(3)8-11)23-20(25)14(4)26-18(24)10-27-17-9-15(21)5-6-16(17)22/h5-9,14H,10H2,1-4H3,(H,23,25)/t14-/m0/s1. The molecule has 4 nitrogen and oxygen atoms in total. The average Bonchev–Trinajstić information content (AvgIpc) is 2.58. The van der Waals surface area contributed by atoms with Crippen molar-refractivity contribution in [1.29, 1.82) is 0 Å². The summed E-state index contributed by atoms with van der Waals surface area (Å²) in [4.78, 5) is 24.2. The molecular formula is C20H21F2NO3S. The molecule has 0 aliphatic rings. The third kappa shape index (κ3) is 5.79. The van der Waals surface area contributed by atoms with E-state index in [-0.39, 0.29) is 10.6 Å². The number of amides is 1. The molecule has 2 aromatic carbocycles. The minimum Gasteiger partial charge on any atom is -0.452 e. The van der Waals surface area contributed by atoms with Gasteiger partial charge >= 0.3 is 5.97 Å². The Morgan fingerprint density at radius 1 is 1.11 bits per heavy atom. The fourth-order valence-electron chi connectivity index (χ4n) is 2.61. The number of thioether (sulfide) groups is 1. The number of nitrogens with one attached hydrogen (secondary N) is 1. The normalized spacial score (nSPS) is 11.8. The Morgan fingerprint density at radius 2 is 1.74 bits per heavy atom. The van der Waals surface area contributed by atoms with Crippen LogP contribution in [0.3, 0.4) is 0 Å². The molecule has 1 amide bonds. The van der Waals surface area contributed by atoms with Gasteiger partial charge < -0.3 is 10.1 Å². The summed E-state index contributed by atoms with van der Waals surface area (Å²) in [6, 6.07) is 6.89. The predicted molar refractivity (Wildman–Crippen MR) is 102 cm³/mol. The van der Waals surface area contributed by atoms with Gasteiger partial charge in [0.1, 0.15) is 11.6 Å². The maximum Gasteiger partial charge on any atom is 0.317 e. The Labute approximate surface area is 161 Å². The second kappa shape index (κ2) is 8.99. The maximum atomic E-state index is 13.6. The highest BCUT2D eigenvalue weighted by atomic mass is 32.2. The van der Waals surface area contributed by atoms with E-state index in [1.54, 1.807) is 0 Å². The summed E-state index contributed by atoms with van der Waals surface area (Å²) < 4.78 is 31.8. The van der Waals surface area contributed by atoms with Crippen LogP contribution < -0.4 is 5.32 Å². The van der Waals surface area contributed by atoms with Gasteiger partial charge in [-0.15, -0.1) is 11.8 Å². The molecule has 0 unspecified atom stereocenters. The number of aryl methyl sites for hydroxylation is 3. The lowest BCUT2D eigenvalue weighted by Crippen LogP contribution is -2.31. The zero-order valence-corrected chi connectivity index (χ0v) is 16.4. The van der Waals surface area contributed by atoms with Crippen LogP contribution in [0.5, 0.6) is 0 Å². The summed E-state index contributed by atoms with van der Waals surface area (Å²) in [5.74, 6) is -2.60. The Morgan fingerprint density at radius 3 is 2.37 bits per heavy atom. The van der Waals surface area contributed by atoms with Crippen molar-refractivity contribution in [3.63, 3.8) is 0 Å². The summed E-state index contributed by atoms with van der Waals surface area (Å²) >= 11 is 0.812. The summed E-state index contributed by atoms with van der Waals surface area (Å²) in [5.41, 5.74) is 3.60. The van der Waals surface area contributed by atoms with Crippen LogP contribution in [-0.2, 0) is 14.3 Å². The number of benzene rings is 2. The predicted octanol–water partition coefficient (Wildman–Crippen LogP) is 4.55. The highest BCUT2D eigenvalue weighted by Gasteiger charge is 2.20. The first-order valence-electron chi connectivity index (χ1n) is 8.33. The van der Waals surface area contributed by atoms with E-state index in [2.05, 4.69) is 5.32 Å². The first-order valence-corrected chi connectivity index (χ1v) is 9.32. The summed E-state index contributed by atoms with van der Waals surface area (Å²) in [5, 5.41) is 2.77. The van der Waals surface area contributed by atoms with Crippen LogP contribution in [0.15, 0.2) is 35.2 Å². The molecule has 0 fully saturated rings. The van der Waals surface area contributed by atoms with Crippen molar-refractivity contribution < 1.29 is 23.1 Å². The van der Waals surface area contributed by atoms with Gasteiger partial charge in [-0.1, -0.05) is 17.7 Å². The quantitative estimate of drug-likeness (QED) is 0.578. The molecule has 144 valence electrons. The zero-order chi connectivity index (χ0) is 20.1. The molecule has 0 saturated carbocycles. The molecule has 0 heterocycles. The third-order valence-corrected chi connectivity index (χ3v) is 4.85. The van der Waals surface area contributed by atoms with Gasteiger partial charge in [0.15, 0.2) is 6.10 Å². The molecule has 0 saturated heterocycles. The van der Waals surface area contributed by atoms with Crippen LogP contribution >= 0.6 is 11.8 Å². The summed E-state index contributed by atoms with van der Waals surface area (Å²) in [6.45, 7) is 7.20. The molecule has 0 aliphatic carbocycles. The van der Waals surface area contributed by atoms with Gasteiger partial charge in [0.2, 0.25) is 0 Å². The highest BCUT2D eigenvalue weighted by molar-refractivity contribution is 8.00. The Hall–Kier alpha value is -2.41. The topological polar surface area (TPSA) is 55.4 Å². The molecule has 0 radical (unpaired) electrons. The number of carbonyl (C=O) groups excluding carboxylic acids is 2. The largest absolute Gasteiger partial charge is 0.452 e. The average molecular weight is 393 g/mol. The van der Waals surface area contributed by atoms with Crippen molar-refractivity contribution in [1.82, 2.24) is 0 Å². The van der Waals surface area contributed by atoms with Crippen LogP contribution in [0.1, 0.15) is 23.6 Å².